The Labute approximate surface area is 177 Å². The number of ether oxygens (including phenoxy) is 1. The fraction of sp³-hybridized carbons (Fsp3) is 0.200. The Balaban J connectivity index is 1.64. The predicted molar refractivity (Wildman–Crippen MR) is 119 cm³/mol. The standard InChI is InChI=1S/C25H25N3O2/c1-3-28(18-25(29)27-23-10-6-7-11-24(23)30-2)17-19-12-14-20(15-13-19)22-9-5-4-8-21(22)16-26/h4-15H,3,17-18H2,1-2H3,(H,27,29). The molecule has 0 bridgehead atoms. The number of nitrogens with zero attached hydrogens (tertiary/aromatic N) is 2. The van der Waals surface area contributed by atoms with Crippen LogP contribution in [0.15, 0.2) is 72.8 Å². The highest BCUT2D eigenvalue weighted by molar-refractivity contribution is 5.93. The van der Waals surface area contributed by atoms with Crippen molar-refractivity contribution in [3.05, 3.63) is 83.9 Å². The third-order valence-electron chi connectivity index (χ3n) is 4.91. The summed E-state index contributed by atoms with van der Waals surface area (Å²) in [6.45, 7) is 3.73. The number of methoxy groups -OCH3 is 1. The molecule has 0 atom stereocenters. The molecular weight excluding hydrogens is 374 g/mol. The summed E-state index contributed by atoms with van der Waals surface area (Å²) in [5.74, 6) is 0.558. The van der Waals surface area contributed by atoms with Crippen LogP contribution in [0.2, 0.25) is 0 Å². The summed E-state index contributed by atoms with van der Waals surface area (Å²) in [6.07, 6.45) is 0. The average Bonchev–Trinajstić information content (AvgIpc) is 2.79. The lowest BCUT2D eigenvalue weighted by molar-refractivity contribution is -0.117. The highest BCUT2D eigenvalue weighted by atomic mass is 16.5. The van der Waals surface area contributed by atoms with E-state index in [-0.39, 0.29) is 12.5 Å². The predicted octanol–water partition coefficient (Wildman–Crippen LogP) is 4.69. The van der Waals surface area contributed by atoms with E-state index in [0.29, 0.717) is 23.5 Å². The van der Waals surface area contributed by atoms with Crippen molar-refractivity contribution in [2.24, 2.45) is 0 Å². The molecule has 0 fully saturated rings. The van der Waals surface area contributed by atoms with E-state index in [1.54, 1.807) is 7.11 Å². The van der Waals surface area contributed by atoms with Gasteiger partial charge in [0, 0.05) is 6.54 Å². The molecule has 0 aliphatic rings. The largest absolute Gasteiger partial charge is 0.495 e. The molecule has 30 heavy (non-hydrogen) atoms. The molecule has 5 nitrogen and oxygen atoms in total. The quantitative estimate of drug-likeness (QED) is 0.597. The number of anilines is 1. The van der Waals surface area contributed by atoms with Gasteiger partial charge in [-0.1, -0.05) is 61.5 Å². The maximum Gasteiger partial charge on any atom is 0.238 e. The highest BCUT2D eigenvalue weighted by Gasteiger charge is 2.12. The molecule has 0 saturated heterocycles. The van der Waals surface area contributed by atoms with Crippen molar-refractivity contribution in [3.63, 3.8) is 0 Å². The molecule has 0 unspecified atom stereocenters. The second-order valence-electron chi connectivity index (χ2n) is 6.91. The summed E-state index contributed by atoms with van der Waals surface area (Å²) in [7, 11) is 1.59. The van der Waals surface area contributed by atoms with Gasteiger partial charge < -0.3 is 10.1 Å². The molecule has 1 amide bonds. The minimum absolute atomic E-state index is 0.0825. The van der Waals surface area contributed by atoms with E-state index in [1.807, 2.05) is 79.7 Å². The number of hydrogen-bond acceptors (Lipinski definition) is 4. The zero-order chi connectivity index (χ0) is 21.3. The molecule has 0 heterocycles. The molecule has 0 aliphatic heterocycles. The molecule has 5 heteroatoms. The maximum atomic E-state index is 12.5. The van der Waals surface area contributed by atoms with Crippen molar-refractivity contribution in [2.75, 3.05) is 25.5 Å². The number of carbonyl (C=O) groups excluding carboxylic acids is 1. The molecule has 152 valence electrons. The van der Waals surface area contributed by atoms with Gasteiger partial charge in [0.05, 0.1) is 31.0 Å². The molecule has 0 radical (unpaired) electrons. The first-order valence-electron chi connectivity index (χ1n) is 9.88. The van der Waals surface area contributed by atoms with Crippen molar-refractivity contribution < 1.29 is 9.53 Å². The van der Waals surface area contributed by atoms with Gasteiger partial charge in [0.15, 0.2) is 0 Å². The molecule has 0 aromatic heterocycles. The number of carbonyl (C=O) groups is 1. The van der Waals surface area contributed by atoms with E-state index >= 15 is 0 Å². The lowest BCUT2D eigenvalue weighted by Crippen LogP contribution is -2.32. The molecular formula is C25H25N3O2. The fourth-order valence-corrected chi connectivity index (χ4v) is 3.30. The van der Waals surface area contributed by atoms with Crippen molar-refractivity contribution in [2.45, 2.75) is 13.5 Å². The summed E-state index contributed by atoms with van der Waals surface area (Å²) < 4.78 is 5.29. The van der Waals surface area contributed by atoms with Crippen molar-refractivity contribution in [1.29, 1.82) is 5.26 Å². The van der Waals surface area contributed by atoms with Gasteiger partial charge in [-0.3, -0.25) is 9.69 Å². The smallest absolute Gasteiger partial charge is 0.238 e. The number of amides is 1. The van der Waals surface area contributed by atoms with Crippen LogP contribution in [0.3, 0.4) is 0 Å². The molecule has 0 spiro atoms. The Kier molecular flexibility index (Phi) is 7.20. The van der Waals surface area contributed by atoms with Crippen LogP contribution in [0.1, 0.15) is 18.1 Å². The number of benzene rings is 3. The van der Waals surface area contributed by atoms with Crippen LogP contribution >= 0.6 is 0 Å². The van der Waals surface area contributed by atoms with E-state index in [4.69, 9.17) is 4.74 Å². The minimum atomic E-state index is -0.0825. The number of nitrogens with one attached hydrogen (secondary N) is 1. The van der Waals surface area contributed by atoms with E-state index in [9.17, 15) is 10.1 Å². The van der Waals surface area contributed by atoms with Crippen LogP contribution < -0.4 is 10.1 Å². The monoisotopic (exact) mass is 399 g/mol. The lowest BCUT2D eigenvalue weighted by atomic mass is 9.99. The van der Waals surface area contributed by atoms with Gasteiger partial charge in [-0.05, 0) is 41.4 Å². The van der Waals surface area contributed by atoms with Crippen molar-refractivity contribution >= 4 is 11.6 Å². The highest BCUT2D eigenvalue weighted by Crippen LogP contribution is 2.24. The first-order valence-corrected chi connectivity index (χ1v) is 9.88. The van der Waals surface area contributed by atoms with E-state index in [0.717, 1.165) is 23.2 Å². The van der Waals surface area contributed by atoms with E-state index in [2.05, 4.69) is 16.3 Å². The number of likely N-dealkylation sites (N-methyl/N-ethyl adjacent to an activating group) is 1. The summed E-state index contributed by atoms with van der Waals surface area (Å²) in [5, 5.41) is 12.2. The number of rotatable bonds is 8. The maximum absolute atomic E-state index is 12.5. The second kappa shape index (κ2) is 10.2. The van der Waals surface area contributed by atoms with Crippen LogP contribution in [0, 0.1) is 11.3 Å². The normalized spacial score (nSPS) is 10.5. The van der Waals surface area contributed by atoms with Crippen LogP contribution in [0.5, 0.6) is 5.75 Å². The number of para-hydroxylation sites is 2. The van der Waals surface area contributed by atoms with Crippen LogP contribution in [-0.2, 0) is 11.3 Å². The van der Waals surface area contributed by atoms with Gasteiger partial charge in [-0.2, -0.15) is 5.26 Å². The molecule has 3 aromatic rings. The number of hydrogen-bond donors (Lipinski definition) is 1. The van der Waals surface area contributed by atoms with Crippen molar-refractivity contribution in [1.82, 2.24) is 4.90 Å². The Hall–Kier alpha value is -3.62. The number of nitriles is 1. The first-order chi connectivity index (χ1) is 14.6. The second-order valence-corrected chi connectivity index (χ2v) is 6.91. The van der Waals surface area contributed by atoms with Crippen molar-refractivity contribution in [3.8, 4) is 22.9 Å². The van der Waals surface area contributed by atoms with E-state index in [1.165, 1.54) is 0 Å². The van der Waals surface area contributed by atoms with E-state index < -0.39 is 0 Å². The zero-order valence-corrected chi connectivity index (χ0v) is 17.3. The summed E-state index contributed by atoms with van der Waals surface area (Å²) in [6, 6.07) is 25.3. The van der Waals surface area contributed by atoms with Crippen LogP contribution in [0.4, 0.5) is 5.69 Å². The third-order valence-corrected chi connectivity index (χ3v) is 4.91. The molecule has 3 aromatic carbocycles. The summed E-state index contributed by atoms with van der Waals surface area (Å²) in [5.41, 5.74) is 4.37. The van der Waals surface area contributed by atoms with Gasteiger partial charge in [0.2, 0.25) is 5.91 Å². The summed E-state index contributed by atoms with van der Waals surface area (Å²) >= 11 is 0. The average molecular weight is 399 g/mol. The molecule has 0 saturated carbocycles. The molecule has 1 N–H and O–H groups in total. The molecule has 3 rings (SSSR count). The lowest BCUT2D eigenvalue weighted by Gasteiger charge is -2.20. The van der Waals surface area contributed by atoms with Crippen LogP contribution in [0.25, 0.3) is 11.1 Å². The Morgan fingerprint density at radius 2 is 1.73 bits per heavy atom. The molecule has 0 aliphatic carbocycles. The zero-order valence-electron chi connectivity index (χ0n) is 17.3. The van der Waals surface area contributed by atoms with Gasteiger partial charge >= 0.3 is 0 Å². The Morgan fingerprint density at radius 3 is 2.43 bits per heavy atom. The summed E-state index contributed by atoms with van der Waals surface area (Å²) in [4.78, 5) is 14.6. The van der Waals surface area contributed by atoms with Gasteiger partial charge in [-0.15, -0.1) is 0 Å². The van der Waals surface area contributed by atoms with Gasteiger partial charge in [0.25, 0.3) is 0 Å². The SMILES string of the molecule is CCN(CC(=O)Nc1ccccc1OC)Cc1ccc(-c2ccccc2C#N)cc1. The van der Waals surface area contributed by atoms with Crippen LogP contribution in [-0.4, -0.2) is 31.0 Å². The third kappa shape index (κ3) is 5.25. The topological polar surface area (TPSA) is 65.4 Å². The van der Waals surface area contributed by atoms with Gasteiger partial charge in [0.1, 0.15) is 5.75 Å². The Morgan fingerprint density at radius 1 is 1.03 bits per heavy atom. The van der Waals surface area contributed by atoms with Gasteiger partial charge in [-0.25, -0.2) is 0 Å². The Bertz CT molecular complexity index is 1040. The first kappa shape index (κ1) is 21.1. The minimum Gasteiger partial charge on any atom is -0.495 e. The fourth-order valence-electron chi connectivity index (χ4n) is 3.30.